The first-order chi connectivity index (χ1) is 11.5. The maximum Gasteiger partial charge on any atom is 0.253 e. The smallest absolute Gasteiger partial charge is 0.253 e. The minimum atomic E-state index is -3.54. The number of carbonyl (C=O) groups excluding carboxylic acids is 1. The van der Waals surface area contributed by atoms with Gasteiger partial charge in [-0.05, 0) is 44.5 Å². The van der Waals surface area contributed by atoms with Gasteiger partial charge in [0.25, 0.3) is 5.91 Å². The standard InChI is InChI=1S/C17H25N3O3S/c1-18-10-12-20(13-11-18)24(22,23)16-7-5-6-15(14-16)17(21)19-8-3-2-4-9-19/h5-7,14H,2-4,8-13H2,1H3. The van der Waals surface area contributed by atoms with Crippen LogP contribution < -0.4 is 0 Å². The molecule has 2 aliphatic rings. The van der Waals surface area contributed by atoms with Crippen LogP contribution in [0.3, 0.4) is 0 Å². The number of nitrogens with zero attached hydrogens (tertiary/aromatic N) is 3. The number of hydrogen-bond donors (Lipinski definition) is 0. The molecule has 0 radical (unpaired) electrons. The van der Waals surface area contributed by atoms with Crippen molar-refractivity contribution >= 4 is 15.9 Å². The van der Waals surface area contributed by atoms with Gasteiger partial charge in [-0.25, -0.2) is 8.42 Å². The minimum absolute atomic E-state index is 0.0647. The number of carbonyl (C=O) groups is 1. The Bertz CT molecular complexity index is 691. The van der Waals surface area contributed by atoms with Gasteiger partial charge in [-0.15, -0.1) is 0 Å². The van der Waals surface area contributed by atoms with E-state index in [1.807, 2.05) is 11.9 Å². The Hall–Kier alpha value is -1.44. The summed E-state index contributed by atoms with van der Waals surface area (Å²) in [6.45, 7) is 3.95. The fourth-order valence-electron chi connectivity index (χ4n) is 3.25. The highest BCUT2D eigenvalue weighted by atomic mass is 32.2. The maximum atomic E-state index is 12.8. The van der Waals surface area contributed by atoms with Gasteiger partial charge in [0.15, 0.2) is 0 Å². The molecule has 2 saturated heterocycles. The molecule has 0 aromatic heterocycles. The van der Waals surface area contributed by atoms with Crippen LogP contribution in [0.2, 0.25) is 0 Å². The molecule has 0 N–H and O–H groups in total. The summed E-state index contributed by atoms with van der Waals surface area (Å²) >= 11 is 0. The third-order valence-electron chi connectivity index (χ3n) is 4.82. The lowest BCUT2D eigenvalue weighted by Gasteiger charge is -2.31. The molecule has 1 aromatic rings. The predicted molar refractivity (Wildman–Crippen MR) is 92.5 cm³/mol. The quantitative estimate of drug-likeness (QED) is 0.822. The summed E-state index contributed by atoms with van der Waals surface area (Å²) in [5.41, 5.74) is 0.465. The summed E-state index contributed by atoms with van der Waals surface area (Å²) in [4.78, 5) is 16.8. The molecule has 0 atom stereocenters. The van der Waals surface area contributed by atoms with E-state index in [0.29, 0.717) is 18.7 Å². The molecule has 2 aliphatic heterocycles. The molecular weight excluding hydrogens is 326 g/mol. The predicted octanol–water partition coefficient (Wildman–Crippen LogP) is 1.25. The molecule has 0 saturated carbocycles. The molecule has 1 aromatic carbocycles. The van der Waals surface area contributed by atoms with Crippen LogP contribution in [0.5, 0.6) is 0 Å². The Morgan fingerprint density at radius 3 is 2.29 bits per heavy atom. The van der Waals surface area contributed by atoms with Gasteiger partial charge in [-0.3, -0.25) is 4.79 Å². The number of piperazine rings is 1. The average Bonchev–Trinajstić information content (AvgIpc) is 2.62. The van der Waals surface area contributed by atoms with E-state index in [1.54, 1.807) is 18.2 Å². The maximum absolute atomic E-state index is 12.8. The van der Waals surface area contributed by atoms with E-state index in [9.17, 15) is 13.2 Å². The first kappa shape index (κ1) is 17.4. The van der Waals surface area contributed by atoms with E-state index in [4.69, 9.17) is 0 Å². The summed E-state index contributed by atoms with van der Waals surface area (Å²) in [6, 6.07) is 6.49. The lowest BCUT2D eigenvalue weighted by Crippen LogP contribution is -2.47. The third-order valence-corrected chi connectivity index (χ3v) is 6.72. The molecule has 0 unspecified atom stereocenters. The van der Waals surface area contributed by atoms with E-state index in [0.717, 1.165) is 45.4 Å². The van der Waals surface area contributed by atoms with E-state index in [1.165, 1.54) is 10.4 Å². The molecule has 3 rings (SSSR count). The number of likely N-dealkylation sites (N-methyl/N-ethyl adjacent to an activating group) is 1. The van der Waals surface area contributed by atoms with E-state index in [2.05, 4.69) is 4.90 Å². The Kier molecular flexibility index (Phi) is 5.22. The number of likely N-dealkylation sites (tertiary alicyclic amines) is 1. The topological polar surface area (TPSA) is 60.9 Å². The molecule has 0 spiro atoms. The summed E-state index contributed by atoms with van der Waals surface area (Å²) in [7, 11) is -1.55. The second kappa shape index (κ2) is 7.21. The number of piperidine rings is 1. The molecule has 0 aliphatic carbocycles. The van der Waals surface area contributed by atoms with Crippen molar-refractivity contribution in [2.45, 2.75) is 24.2 Å². The molecule has 0 bridgehead atoms. The van der Waals surface area contributed by atoms with E-state index < -0.39 is 10.0 Å². The van der Waals surface area contributed by atoms with Gasteiger partial charge in [-0.1, -0.05) is 6.07 Å². The van der Waals surface area contributed by atoms with E-state index >= 15 is 0 Å². The van der Waals surface area contributed by atoms with Crippen molar-refractivity contribution in [3.05, 3.63) is 29.8 Å². The summed E-state index contributed by atoms with van der Waals surface area (Å²) < 4.78 is 27.2. The van der Waals surface area contributed by atoms with Crippen molar-refractivity contribution in [3.63, 3.8) is 0 Å². The van der Waals surface area contributed by atoms with Crippen LogP contribution in [0.4, 0.5) is 0 Å². The third kappa shape index (κ3) is 3.63. The SMILES string of the molecule is CN1CCN(S(=O)(=O)c2cccc(C(=O)N3CCCCC3)c2)CC1. The van der Waals surface area contributed by atoms with Crippen LogP contribution in [-0.2, 0) is 10.0 Å². The summed E-state index contributed by atoms with van der Waals surface area (Å²) in [5, 5.41) is 0. The molecule has 1 amide bonds. The second-order valence-electron chi connectivity index (χ2n) is 6.59. The number of sulfonamides is 1. The van der Waals surface area contributed by atoms with Crippen molar-refractivity contribution in [2.75, 3.05) is 46.3 Å². The van der Waals surface area contributed by atoms with Gasteiger partial charge in [0, 0.05) is 44.8 Å². The van der Waals surface area contributed by atoms with Crippen molar-refractivity contribution in [1.82, 2.24) is 14.1 Å². The number of rotatable bonds is 3. The van der Waals surface area contributed by atoms with Gasteiger partial charge in [0.05, 0.1) is 4.90 Å². The highest BCUT2D eigenvalue weighted by molar-refractivity contribution is 7.89. The zero-order valence-corrected chi connectivity index (χ0v) is 15.0. The molecule has 132 valence electrons. The van der Waals surface area contributed by atoms with E-state index in [-0.39, 0.29) is 10.8 Å². The van der Waals surface area contributed by atoms with Crippen LogP contribution >= 0.6 is 0 Å². The zero-order chi connectivity index (χ0) is 17.2. The van der Waals surface area contributed by atoms with Gasteiger partial charge >= 0.3 is 0 Å². The van der Waals surface area contributed by atoms with Crippen LogP contribution in [0.1, 0.15) is 29.6 Å². The largest absolute Gasteiger partial charge is 0.339 e. The molecule has 24 heavy (non-hydrogen) atoms. The van der Waals surface area contributed by atoms with Gasteiger partial charge in [0.2, 0.25) is 10.0 Å². The highest BCUT2D eigenvalue weighted by Gasteiger charge is 2.28. The molecule has 6 nitrogen and oxygen atoms in total. The number of benzene rings is 1. The summed E-state index contributed by atoms with van der Waals surface area (Å²) in [5.74, 6) is -0.0647. The molecule has 2 heterocycles. The Morgan fingerprint density at radius 1 is 0.958 bits per heavy atom. The first-order valence-electron chi connectivity index (χ1n) is 8.56. The van der Waals surface area contributed by atoms with Gasteiger partial charge in [0.1, 0.15) is 0 Å². The Morgan fingerprint density at radius 2 is 1.62 bits per heavy atom. The molecule has 7 heteroatoms. The summed E-state index contributed by atoms with van der Waals surface area (Å²) in [6.07, 6.45) is 3.19. The number of amides is 1. The Balaban J connectivity index is 1.80. The van der Waals surface area contributed by atoms with Crippen molar-refractivity contribution < 1.29 is 13.2 Å². The highest BCUT2D eigenvalue weighted by Crippen LogP contribution is 2.20. The fourth-order valence-corrected chi connectivity index (χ4v) is 4.72. The Labute approximate surface area is 144 Å². The molecular formula is C17H25N3O3S. The van der Waals surface area contributed by atoms with Crippen molar-refractivity contribution in [2.24, 2.45) is 0 Å². The van der Waals surface area contributed by atoms with Crippen molar-refractivity contribution in [1.29, 1.82) is 0 Å². The van der Waals surface area contributed by atoms with Crippen LogP contribution in [0.15, 0.2) is 29.2 Å². The van der Waals surface area contributed by atoms with Crippen LogP contribution in [0.25, 0.3) is 0 Å². The first-order valence-corrected chi connectivity index (χ1v) is 10.0. The lowest BCUT2D eigenvalue weighted by atomic mass is 10.1. The second-order valence-corrected chi connectivity index (χ2v) is 8.53. The zero-order valence-electron chi connectivity index (χ0n) is 14.1. The fraction of sp³-hybridized carbons (Fsp3) is 0.588. The van der Waals surface area contributed by atoms with Crippen LogP contribution in [0, 0.1) is 0 Å². The molecule has 2 fully saturated rings. The normalized spacial score (nSPS) is 21.0. The van der Waals surface area contributed by atoms with Crippen LogP contribution in [-0.4, -0.2) is 74.7 Å². The van der Waals surface area contributed by atoms with Gasteiger partial charge < -0.3 is 9.80 Å². The monoisotopic (exact) mass is 351 g/mol. The van der Waals surface area contributed by atoms with Gasteiger partial charge in [-0.2, -0.15) is 4.31 Å². The minimum Gasteiger partial charge on any atom is -0.339 e. The van der Waals surface area contributed by atoms with Crippen molar-refractivity contribution in [3.8, 4) is 0 Å². The number of hydrogen-bond acceptors (Lipinski definition) is 4. The average molecular weight is 351 g/mol. The lowest BCUT2D eigenvalue weighted by molar-refractivity contribution is 0.0724.